The summed E-state index contributed by atoms with van der Waals surface area (Å²) in [6.07, 6.45) is 3.56. The molecule has 9 heteroatoms. The standard InChI is InChI=1S/C23H26N6O3/c1-14(2)22-25-18(32-26-22)11-28-13-24-20-16-10-15(3)6-7-17(16)29(21(20)23(28)31)12-19(30)27-8-4-5-9-27/h6-7,10,13-14H,4-5,8-9,11-12H2,1-3H3. The van der Waals surface area contributed by atoms with E-state index in [1.54, 1.807) is 0 Å². The van der Waals surface area contributed by atoms with Crippen molar-refractivity contribution in [1.82, 2.24) is 29.2 Å². The Labute approximate surface area is 184 Å². The van der Waals surface area contributed by atoms with E-state index in [9.17, 15) is 9.59 Å². The second-order valence-electron chi connectivity index (χ2n) is 8.77. The van der Waals surface area contributed by atoms with Gasteiger partial charge in [0.05, 0.1) is 11.8 Å². The summed E-state index contributed by atoms with van der Waals surface area (Å²) in [6.45, 7) is 7.74. The number of aryl methyl sites for hydroxylation is 1. The molecule has 0 spiro atoms. The lowest BCUT2D eigenvalue weighted by molar-refractivity contribution is -0.130. The Morgan fingerprint density at radius 1 is 1.22 bits per heavy atom. The number of benzene rings is 1. The van der Waals surface area contributed by atoms with E-state index in [4.69, 9.17) is 4.52 Å². The van der Waals surface area contributed by atoms with Crippen molar-refractivity contribution in [2.75, 3.05) is 13.1 Å². The van der Waals surface area contributed by atoms with Crippen molar-refractivity contribution in [2.45, 2.75) is 52.6 Å². The van der Waals surface area contributed by atoms with E-state index in [1.165, 1.54) is 10.9 Å². The summed E-state index contributed by atoms with van der Waals surface area (Å²) in [5, 5.41) is 4.85. The summed E-state index contributed by atoms with van der Waals surface area (Å²) >= 11 is 0. The van der Waals surface area contributed by atoms with E-state index >= 15 is 0 Å². The molecule has 9 nitrogen and oxygen atoms in total. The number of amides is 1. The van der Waals surface area contributed by atoms with Crippen LogP contribution in [0, 0.1) is 6.92 Å². The smallest absolute Gasteiger partial charge is 0.278 e. The molecule has 1 aliphatic heterocycles. The molecule has 0 aliphatic carbocycles. The van der Waals surface area contributed by atoms with Crippen LogP contribution >= 0.6 is 0 Å². The third-order valence-electron chi connectivity index (χ3n) is 6.04. The summed E-state index contributed by atoms with van der Waals surface area (Å²) in [7, 11) is 0. The molecule has 0 atom stereocenters. The molecule has 0 N–H and O–H groups in total. The Balaban J connectivity index is 1.62. The lowest BCUT2D eigenvalue weighted by Gasteiger charge is -2.16. The zero-order chi connectivity index (χ0) is 22.4. The second kappa shape index (κ2) is 7.89. The number of hydrogen-bond donors (Lipinski definition) is 0. The highest BCUT2D eigenvalue weighted by Gasteiger charge is 2.23. The van der Waals surface area contributed by atoms with Crippen molar-refractivity contribution >= 4 is 27.8 Å². The third kappa shape index (κ3) is 3.47. The Kier molecular flexibility index (Phi) is 5.03. The normalized spacial score (nSPS) is 14.3. The first-order valence-electron chi connectivity index (χ1n) is 11.0. The largest absolute Gasteiger partial charge is 0.341 e. The molecule has 5 rings (SSSR count). The van der Waals surface area contributed by atoms with E-state index in [-0.39, 0.29) is 30.5 Å². The van der Waals surface area contributed by atoms with Crippen molar-refractivity contribution in [2.24, 2.45) is 0 Å². The fourth-order valence-electron chi connectivity index (χ4n) is 4.31. The minimum atomic E-state index is -0.234. The van der Waals surface area contributed by atoms with Gasteiger partial charge in [-0.05, 0) is 31.9 Å². The second-order valence-corrected chi connectivity index (χ2v) is 8.77. The molecule has 32 heavy (non-hydrogen) atoms. The van der Waals surface area contributed by atoms with Gasteiger partial charge in [-0.25, -0.2) is 4.98 Å². The number of hydrogen-bond acceptors (Lipinski definition) is 6. The minimum absolute atomic E-state index is 0.0233. The van der Waals surface area contributed by atoms with Gasteiger partial charge in [0, 0.05) is 24.4 Å². The number of rotatable bonds is 5. The first-order chi connectivity index (χ1) is 15.4. The van der Waals surface area contributed by atoms with Crippen LogP contribution in [0.4, 0.5) is 0 Å². The van der Waals surface area contributed by atoms with Gasteiger partial charge in [0.1, 0.15) is 24.1 Å². The predicted molar refractivity (Wildman–Crippen MR) is 120 cm³/mol. The SMILES string of the molecule is Cc1ccc2c(c1)c1ncn(Cc3nc(C(C)C)no3)c(=O)c1n2CC(=O)N1CCCC1. The highest BCUT2D eigenvalue weighted by molar-refractivity contribution is 6.06. The molecular formula is C23H26N6O3. The number of aromatic nitrogens is 5. The van der Waals surface area contributed by atoms with Crippen LogP contribution in [0.3, 0.4) is 0 Å². The Morgan fingerprint density at radius 3 is 2.72 bits per heavy atom. The Hall–Kier alpha value is -3.49. The Bertz CT molecular complexity index is 1370. The monoisotopic (exact) mass is 434 g/mol. The fourth-order valence-corrected chi connectivity index (χ4v) is 4.31. The molecule has 1 aromatic carbocycles. The van der Waals surface area contributed by atoms with Gasteiger partial charge in [0.2, 0.25) is 11.8 Å². The van der Waals surface area contributed by atoms with Crippen LogP contribution in [0.1, 0.15) is 49.9 Å². The molecule has 1 saturated heterocycles. The summed E-state index contributed by atoms with van der Waals surface area (Å²) in [5.74, 6) is 1.11. The van der Waals surface area contributed by atoms with E-state index in [2.05, 4.69) is 15.1 Å². The van der Waals surface area contributed by atoms with Gasteiger partial charge in [0.25, 0.3) is 5.56 Å². The fraction of sp³-hybridized carbons (Fsp3) is 0.435. The summed E-state index contributed by atoms with van der Waals surface area (Å²) in [6, 6.07) is 5.96. The van der Waals surface area contributed by atoms with E-state index in [1.807, 2.05) is 48.4 Å². The van der Waals surface area contributed by atoms with E-state index in [0.29, 0.717) is 22.7 Å². The van der Waals surface area contributed by atoms with Gasteiger partial charge < -0.3 is 14.0 Å². The molecule has 0 bridgehead atoms. The maximum atomic E-state index is 13.5. The number of nitrogens with zero attached hydrogens (tertiary/aromatic N) is 6. The maximum absolute atomic E-state index is 13.5. The maximum Gasteiger partial charge on any atom is 0.278 e. The molecule has 0 saturated carbocycles. The third-order valence-corrected chi connectivity index (χ3v) is 6.04. The van der Waals surface area contributed by atoms with Crippen LogP contribution in [-0.2, 0) is 17.9 Å². The molecule has 4 heterocycles. The number of carbonyl (C=O) groups is 1. The first-order valence-corrected chi connectivity index (χ1v) is 11.0. The average molecular weight is 435 g/mol. The number of carbonyl (C=O) groups excluding carboxylic acids is 1. The van der Waals surface area contributed by atoms with Gasteiger partial charge in [-0.3, -0.25) is 14.2 Å². The summed E-state index contributed by atoms with van der Waals surface area (Å²) in [5.41, 5.74) is 2.69. The van der Waals surface area contributed by atoms with Crippen molar-refractivity contribution in [3.63, 3.8) is 0 Å². The van der Waals surface area contributed by atoms with Crippen molar-refractivity contribution in [1.29, 1.82) is 0 Å². The average Bonchev–Trinajstić information content (AvgIpc) is 3.50. The zero-order valence-electron chi connectivity index (χ0n) is 18.5. The molecule has 3 aromatic heterocycles. The lowest BCUT2D eigenvalue weighted by Crippen LogP contribution is -2.32. The van der Waals surface area contributed by atoms with Crippen LogP contribution < -0.4 is 5.56 Å². The van der Waals surface area contributed by atoms with Crippen molar-refractivity contribution < 1.29 is 9.32 Å². The molecule has 166 valence electrons. The molecule has 4 aromatic rings. The van der Waals surface area contributed by atoms with Crippen LogP contribution in [0.15, 0.2) is 33.8 Å². The molecule has 0 unspecified atom stereocenters. The van der Waals surface area contributed by atoms with Crippen LogP contribution in [0.25, 0.3) is 21.9 Å². The number of fused-ring (bicyclic) bond motifs is 3. The van der Waals surface area contributed by atoms with Crippen molar-refractivity contribution in [3.05, 3.63) is 52.2 Å². The van der Waals surface area contributed by atoms with Gasteiger partial charge in [-0.2, -0.15) is 4.98 Å². The summed E-state index contributed by atoms with van der Waals surface area (Å²) < 4.78 is 8.59. The van der Waals surface area contributed by atoms with Gasteiger partial charge in [0.15, 0.2) is 5.82 Å². The number of likely N-dealkylation sites (tertiary alicyclic amines) is 1. The van der Waals surface area contributed by atoms with Crippen LogP contribution in [0.5, 0.6) is 0 Å². The first kappa shape index (κ1) is 20.4. The van der Waals surface area contributed by atoms with E-state index < -0.39 is 0 Å². The highest BCUT2D eigenvalue weighted by atomic mass is 16.5. The highest BCUT2D eigenvalue weighted by Crippen LogP contribution is 2.27. The summed E-state index contributed by atoms with van der Waals surface area (Å²) in [4.78, 5) is 37.3. The van der Waals surface area contributed by atoms with Crippen LogP contribution in [0.2, 0.25) is 0 Å². The molecule has 1 aliphatic rings. The van der Waals surface area contributed by atoms with Crippen molar-refractivity contribution in [3.8, 4) is 0 Å². The quantitative estimate of drug-likeness (QED) is 0.479. The van der Waals surface area contributed by atoms with E-state index in [0.717, 1.165) is 42.4 Å². The predicted octanol–water partition coefficient (Wildman–Crippen LogP) is 2.84. The van der Waals surface area contributed by atoms with Gasteiger partial charge in [-0.1, -0.05) is 30.6 Å². The lowest BCUT2D eigenvalue weighted by atomic mass is 10.1. The molecule has 1 amide bonds. The Morgan fingerprint density at radius 2 is 2.00 bits per heavy atom. The van der Waals surface area contributed by atoms with Gasteiger partial charge >= 0.3 is 0 Å². The topological polar surface area (TPSA) is 99.0 Å². The molecule has 0 radical (unpaired) electrons. The van der Waals surface area contributed by atoms with Crippen LogP contribution in [-0.4, -0.2) is 48.2 Å². The minimum Gasteiger partial charge on any atom is -0.341 e. The molecule has 1 fully saturated rings. The van der Waals surface area contributed by atoms with Gasteiger partial charge in [-0.15, -0.1) is 0 Å². The zero-order valence-corrected chi connectivity index (χ0v) is 18.5. The molecular weight excluding hydrogens is 408 g/mol.